The molecule has 2 rings (SSSR count). The van der Waals surface area contributed by atoms with Crippen molar-refractivity contribution in [3.63, 3.8) is 0 Å². The first-order chi connectivity index (χ1) is 11.8. The van der Waals surface area contributed by atoms with Crippen LogP contribution in [0.25, 0.3) is 0 Å². The molecule has 0 aliphatic rings. The summed E-state index contributed by atoms with van der Waals surface area (Å²) in [6, 6.07) is 3.41. The van der Waals surface area contributed by atoms with E-state index >= 15 is 0 Å². The van der Waals surface area contributed by atoms with Crippen molar-refractivity contribution in [1.29, 1.82) is 0 Å². The molecule has 7 nitrogen and oxygen atoms in total. The van der Waals surface area contributed by atoms with E-state index in [1.54, 1.807) is 11.3 Å². The lowest BCUT2D eigenvalue weighted by molar-refractivity contribution is -0.120. The summed E-state index contributed by atoms with van der Waals surface area (Å²) >= 11 is 4.81. The molecule has 0 aliphatic carbocycles. The molecule has 2 aromatic rings. The Morgan fingerprint density at radius 1 is 1.40 bits per heavy atom. The Kier molecular flexibility index (Phi) is 6.94. The molecule has 1 amide bonds. The number of pyridine rings is 1. The fourth-order valence-electron chi connectivity index (χ4n) is 2.09. The van der Waals surface area contributed by atoms with E-state index in [2.05, 4.69) is 31.0 Å². The third kappa shape index (κ3) is 5.77. The van der Waals surface area contributed by atoms with Gasteiger partial charge in [-0.3, -0.25) is 4.79 Å². The Morgan fingerprint density at radius 3 is 2.84 bits per heavy atom. The van der Waals surface area contributed by atoms with Crippen molar-refractivity contribution in [2.24, 2.45) is 0 Å². The molecule has 25 heavy (non-hydrogen) atoms. The normalized spacial score (nSPS) is 11.4. The molecule has 0 fully saturated rings. The van der Waals surface area contributed by atoms with Gasteiger partial charge in [0, 0.05) is 35.1 Å². The Balaban J connectivity index is 1.78. The average Bonchev–Trinajstić information content (AvgIpc) is 2.95. The van der Waals surface area contributed by atoms with Gasteiger partial charge in [0.2, 0.25) is 15.9 Å². The van der Waals surface area contributed by atoms with Crippen LogP contribution in [0.3, 0.4) is 0 Å². The summed E-state index contributed by atoms with van der Waals surface area (Å²) in [6.45, 7) is 2.54. The standard InChI is InChI=1S/C15H19BrN4O3S2/c1-10-4-7-24-12(10)2-5-18-14(21)3-6-20-25(22,23)13-8-11(16)9-19-15(13)17/h4,7-9,20H,2-3,5-6H2,1H3,(H2,17,19)(H,18,21). The fraction of sp³-hybridized carbons (Fsp3) is 0.333. The zero-order valence-electron chi connectivity index (χ0n) is 13.6. The molecular formula is C15H19BrN4O3S2. The third-order valence-corrected chi connectivity index (χ3v) is 6.43. The van der Waals surface area contributed by atoms with Gasteiger partial charge in [-0.1, -0.05) is 0 Å². The summed E-state index contributed by atoms with van der Waals surface area (Å²) in [6.07, 6.45) is 2.22. The Morgan fingerprint density at radius 2 is 2.16 bits per heavy atom. The SMILES string of the molecule is Cc1ccsc1CCNC(=O)CCNS(=O)(=O)c1cc(Br)cnc1N. The second kappa shape index (κ2) is 8.75. The summed E-state index contributed by atoms with van der Waals surface area (Å²) in [5.74, 6) is -0.302. The Hall–Kier alpha value is -1.49. The van der Waals surface area contributed by atoms with Crippen LogP contribution in [-0.2, 0) is 21.2 Å². The zero-order valence-corrected chi connectivity index (χ0v) is 16.8. The molecule has 0 saturated carbocycles. The van der Waals surface area contributed by atoms with Gasteiger partial charge >= 0.3 is 0 Å². The number of amides is 1. The van der Waals surface area contributed by atoms with Gasteiger partial charge in [-0.2, -0.15) is 0 Å². The van der Waals surface area contributed by atoms with Crippen LogP contribution in [0.5, 0.6) is 0 Å². The second-order valence-electron chi connectivity index (χ2n) is 5.31. The van der Waals surface area contributed by atoms with Crippen LogP contribution in [0.2, 0.25) is 0 Å². The van der Waals surface area contributed by atoms with Crippen LogP contribution in [0.15, 0.2) is 33.1 Å². The zero-order chi connectivity index (χ0) is 18.4. The van der Waals surface area contributed by atoms with E-state index in [0.29, 0.717) is 11.0 Å². The smallest absolute Gasteiger partial charge is 0.244 e. The van der Waals surface area contributed by atoms with E-state index in [1.165, 1.54) is 22.7 Å². The highest BCUT2D eigenvalue weighted by molar-refractivity contribution is 9.10. The molecule has 10 heteroatoms. The van der Waals surface area contributed by atoms with E-state index in [1.807, 2.05) is 18.4 Å². The van der Waals surface area contributed by atoms with E-state index < -0.39 is 10.0 Å². The highest BCUT2D eigenvalue weighted by Gasteiger charge is 2.18. The van der Waals surface area contributed by atoms with Crippen molar-refractivity contribution in [2.75, 3.05) is 18.8 Å². The molecule has 0 bridgehead atoms. The number of rotatable bonds is 8. The number of thiophene rings is 1. The predicted octanol–water partition coefficient (Wildman–Crippen LogP) is 1.82. The van der Waals surface area contributed by atoms with Gasteiger partial charge in [0.05, 0.1) is 0 Å². The highest BCUT2D eigenvalue weighted by atomic mass is 79.9. The molecule has 0 aliphatic heterocycles. The van der Waals surface area contributed by atoms with Gasteiger partial charge in [-0.15, -0.1) is 11.3 Å². The van der Waals surface area contributed by atoms with Crippen LogP contribution in [0.4, 0.5) is 5.82 Å². The van der Waals surface area contributed by atoms with Crippen molar-refractivity contribution < 1.29 is 13.2 Å². The highest BCUT2D eigenvalue weighted by Crippen LogP contribution is 2.20. The van der Waals surface area contributed by atoms with Crippen LogP contribution < -0.4 is 15.8 Å². The van der Waals surface area contributed by atoms with E-state index in [-0.39, 0.29) is 29.6 Å². The Bertz CT molecular complexity index is 852. The predicted molar refractivity (Wildman–Crippen MR) is 102 cm³/mol. The van der Waals surface area contributed by atoms with Gasteiger partial charge in [-0.05, 0) is 52.4 Å². The van der Waals surface area contributed by atoms with Crippen LogP contribution in [0.1, 0.15) is 16.9 Å². The molecule has 0 spiro atoms. The lowest BCUT2D eigenvalue weighted by Gasteiger charge is -2.09. The van der Waals surface area contributed by atoms with Crippen molar-refractivity contribution in [2.45, 2.75) is 24.7 Å². The number of nitrogens with two attached hydrogens (primary N) is 1. The molecular weight excluding hydrogens is 428 g/mol. The lowest BCUT2D eigenvalue weighted by atomic mass is 10.2. The molecule has 136 valence electrons. The quantitative estimate of drug-likeness (QED) is 0.571. The Labute approximate surface area is 159 Å². The van der Waals surface area contributed by atoms with Gasteiger partial charge in [-0.25, -0.2) is 18.1 Å². The summed E-state index contributed by atoms with van der Waals surface area (Å²) < 4.78 is 27.3. The number of carbonyl (C=O) groups excluding carboxylic acids is 1. The molecule has 0 unspecified atom stereocenters. The third-order valence-electron chi connectivity index (χ3n) is 3.42. The first kappa shape index (κ1) is 19.8. The molecule has 0 saturated heterocycles. The maximum absolute atomic E-state index is 12.2. The molecule has 4 N–H and O–H groups in total. The molecule has 2 aromatic heterocycles. The van der Waals surface area contributed by atoms with Crippen LogP contribution in [0, 0.1) is 6.92 Å². The molecule has 0 aromatic carbocycles. The summed E-state index contributed by atoms with van der Waals surface area (Å²) in [7, 11) is -3.82. The largest absolute Gasteiger partial charge is 0.383 e. The maximum Gasteiger partial charge on any atom is 0.244 e. The average molecular weight is 447 g/mol. The number of aryl methyl sites for hydroxylation is 1. The minimum Gasteiger partial charge on any atom is -0.383 e. The second-order valence-corrected chi connectivity index (χ2v) is 8.96. The number of nitrogens with zero attached hydrogens (tertiary/aromatic N) is 1. The first-order valence-corrected chi connectivity index (χ1v) is 10.7. The van der Waals surface area contributed by atoms with Crippen LogP contribution in [-0.4, -0.2) is 32.4 Å². The van der Waals surface area contributed by atoms with Crippen molar-refractivity contribution >= 4 is 49.0 Å². The number of nitrogen functional groups attached to an aromatic ring is 1. The number of aromatic nitrogens is 1. The minimum atomic E-state index is -3.82. The maximum atomic E-state index is 12.2. The number of sulfonamides is 1. The minimum absolute atomic E-state index is 0.0157. The molecule has 2 heterocycles. The van der Waals surface area contributed by atoms with E-state index in [9.17, 15) is 13.2 Å². The monoisotopic (exact) mass is 446 g/mol. The van der Waals surface area contributed by atoms with Gasteiger partial charge < -0.3 is 11.1 Å². The topological polar surface area (TPSA) is 114 Å². The summed E-state index contributed by atoms with van der Waals surface area (Å²) in [5, 5.41) is 4.80. The number of hydrogen-bond donors (Lipinski definition) is 3. The molecule has 0 atom stereocenters. The summed E-state index contributed by atoms with van der Waals surface area (Å²) in [5.41, 5.74) is 6.82. The molecule has 0 radical (unpaired) electrons. The number of hydrogen-bond acceptors (Lipinski definition) is 6. The van der Waals surface area contributed by atoms with Crippen molar-refractivity contribution in [1.82, 2.24) is 15.0 Å². The number of anilines is 1. The first-order valence-electron chi connectivity index (χ1n) is 7.50. The van der Waals surface area contributed by atoms with Crippen molar-refractivity contribution in [3.05, 3.63) is 38.6 Å². The van der Waals surface area contributed by atoms with Gasteiger partial charge in [0.15, 0.2) is 0 Å². The number of nitrogens with one attached hydrogen (secondary N) is 2. The van der Waals surface area contributed by atoms with Gasteiger partial charge in [0.25, 0.3) is 0 Å². The van der Waals surface area contributed by atoms with Crippen molar-refractivity contribution in [3.8, 4) is 0 Å². The lowest BCUT2D eigenvalue weighted by Crippen LogP contribution is -2.32. The van der Waals surface area contributed by atoms with E-state index in [4.69, 9.17) is 5.73 Å². The fourth-order valence-corrected chi connectivity index (χ4v) is 4.62. The van der Waals surface area contributed by atoms with Gasteiger partial charge in [0.1, 0.15) is 10.7 Å². The van der Waals surface area contributed by atoms with Crippen LogP contribution >= 0.6 is 27.3 Å². The number of halogens is 1. The number of carbonyl (C=O) groups is 1. The summed E-state index contributed by atoms with van der Waals surface area (Å²) in [4.78, 5) is 16.7. The van der Waals surface area contributed by atoms with E-state index in [0.717, 1.165) is 6.42 Å².